The van der Waals surface area contributed by atoms with E-state index in [1.54, 1.807) is 6.92 Å². The zero-order valence-corrected chi connectivity index (χ0v) is 12.7. The van der Waals surface area contributed by atoms with Crippen LogP contribution in [-0.4, -0.2) is 28.9 Å². The van der Waals surface area contributed by atoms with Crippen LogP contribution in [0.25, 0.3) is 0 Å². The molecule has 0 aliphatic rings. The van der Waals surface area contributed by atoms with Crippen LogP contribution in [0.3, 0.4) is 0 Å². The van der Waals surface area contributed by atoms with Crippen molar-refractivity contribution < 1.29 is 14.3 Å². The summed E-state index contributed by atoms with van der Waals surface area (Å²) in [6.07, 6.45) is 2.30. The number of carbonyl (C=O) groups is 2. The van der Waals surface area contributed by atoms with Crippen LogP contribution in [0.15, 0.2) is 43.0 Å². The molecule has 0 aliphatic heterocycles. The van der Waals surface area contributed by atoms with Gasteiger partial charge in [-0.3, -0.25) is 9.59 Å². The molecule has 0 bridgehead atoms. The molecular weight excluding hydrogens is 272 g/mol. The maximum atomic E-state index is 12.0. The largest absolute Gasteiger partial charge is 0.460 e. The number of ketones is 1. The Bertz CT molecular complexity index is 470. The first-order valence-electron chi connectivity index (χ1n) is 6.47. The SMILES string of the molecule is C=CCOC(=O)[C@@](C)(SCCc1ccccc1)C(C)=O. The van der Waals surface area contributed by atoms with E-state index >= 15 is 0 Å². The van der Waals surface area contributed by atoms with Crippen LogP contribution < -0.4 is 0 Å². The van der Waals surface area contributed by atoms with Gasteiger partial charge in [-0.25, -0.2) is 0 Å². The van der Waals surface area contributed by atoms with Crippen LogP contribution in [0, 0.1) is 0 Å². The smallest absolute Gasteiger partial charge is 0.329 e. The second kappa shape index (κ2) is 7.90. The summed E-state index contributed by atoms with van der Waals surface area (Å²) in [5.74, 6) is -0.00361. The van der Waals surface area contributed by atoms with Crippen molar-refractivity contribution in [1.29, 1.82) is 0 Å². The average Bonchev–Trinajstić information content (AvgIpc) is 2.45. The highest BCUT2D eigenvalue weighted by atomic mass is 32.2. The van der Waals surface area contributed by atoms with E-state index in [2.05, 4.69) is 6.58 Å². The first-order valence-corrected chi connectivity index (χ1v) is 7.46. The summed E-state index contributed by atoms with van der Waals surface area (Å²) in [5.41, 5.74) is 1.19. The quantitative estimate of drug-likeness (QED) is 0.419. The number of esters is 1. The van der Waals surface area contributed by atoms with Crippen LogP contribution in [-0.2, 0) is 20.7 Å². The average molecular weight is 292 g/mol. The standard InChI is InChI=1S/C16H20O3S/c1-4-11-19-15(18)16(3,13(2)17)20-12-10-14-8-6-5-7-9-14/h4-9H,1,10-12H2,2-3H3/t16-/m0/s1. The minimum absolute atomic E-state index is 0.126. The van der Waals surface area contributed by atoms with Crippen LogP contribution in [0.4, 0.5) is 0 Å². The monoisotopic (exact) mass is 292 g/mol. The van der Waals surface area contributed by atoms with Crippen molar-refractivity contribution in [1.82, 2.24) is 0 Å². The molecule has 4 heteroatoms. The Morgan fingerprint density at radius 1 is 1.35 bits per heavy atom. The summed E-state index contributed by atoms with van der Waals surface area (Å²) in [5, 5.41) is 0. The van der Waals surface area contributed by atoms with E-state index in [0.717, 1.165) is 6.42 Å². The van der Waals surface area contributed by atoms with Gasteiger partial charge in [0.25, 0.3) is 0 Å². The van der Waals surface area contributed by atoms with Gasteiger partial charge in [-0.1, -0.05) is 43.0 Å². The number of hydrogen-bond acceptors (Lipinski definition) is 4. The number of aryl methyl sites for hydroxylation is 1. The van der Waals surface area contributed by atoms with Crippen LogP contribution >= 0.6 is 11.8 Å². The van der Waals surface area contributed by atoms with Gasteiger partial charge in [0.2, 0.25) is 0 Å². The molecule has 108 valence electrons. The van der Waals surface area contributed by atoms with Crippen LogP contribution in [0.5, 0.6) is 0 Å². The van der Waals surface area contributed by atoms with E-state index in [1.807, 2.05) is 30.3 Å². The molecule has 0 heterocycles. The molecule has 0 unspecified atom stereocenters. The van der Waals surface area contributed by atoms with Crippen molar-refractivity contribution in [3.63, 3.8) is 0 Å². The third kappa shape index (κ3) is 4.53. The Labute approximate surface area is 124 Å². The van der Waals surface area contributed by atoms with Crippen LogP contribution in [0.2, 0.25) is 0 Å². The molecule has 0 radical (unpaired) electrons. The molecule has 3 nitrogen and oxygen atoms in total. The van der Waals surface area contributed by atoms with Crippen molar-refractivity contribution in [2.45, 2.75) is 25.0 Å². The minimum atomic E-state index is -1.14. The van der Waals surface area contributed by atoms with Gasteiger partial charge in [0.15, 0.2) is 10.5 Å². The zero-order valence-electron chi connectivity index (χ0n) is 11.9. The van der Waals surface area contributed by atoms with Gasteiger partial charge < -0.3 is 4.74 Å². The topological polar surface area (TPSA) is 43.4 Å². The molecule has 0 amide bonds. The summed E-state index contributed by atoms with van der Waals surface area (Å²) < 4.78 is 3.88. The minimum Gasteiger partial charge on any atom is -0.460 e. The van der Waals surface area contributed by atoms with E-state index in [9.17, 15) is 9.59 Å². The number of benzene rings is 1. The van der Waals surface area contributed by atoms with Crippen molar-refractivity contribution in [3.8, 4) is 0 Å². The number of carbonyl (C=O) groups excluding carboxylic acids is 2. The number of thioether (sulfide) groups is 1. The van der Waals surface area contributed by atoms with Gasteiger partial charge in [-0.15, -0.1) is 11.8 Å². The van der Waals surface area contributed by atoms with Crippen molar-refractivity contribution in [2.24, 2.45) is 0 Å². The summed E-state index contributed by atoms with van der Waals surface area (Å²) in [4.78, 5) is 23.8. The Hall–Kier alpha value is -1.55. The fourth-order valence-corrected chi connectivity index (χ4v) is 2.72. The Balaban J connectivity index is 2.60. The molecule has 0 aliphatic carbocycles. The van der Waals surface area contributed by atoms with Gasteiger partial charge in [-0.05, 0) is 31.6 Å². The van der Waals surface area contributed by atoms with Gasteiger partial charge in [0, 0.05) is 0 Å². The maximum absolute atomic E-state index is 12.0. The predicted octanol–water partition coefficient (Wildman–Crippen LogP) is 3.04. The molecule has 1 rings (SSSR count). The Morgan fingerprint density at radius 3 is 2.55 bits per heavy atom. The number of ether oxygens (including phenoxy) is 1. The van der Waals surface area contributed by atoms with Crippen molar-refractivity contribution in [3.05, 3.63) is 48.6 Å². The number of Topliss-reactive ketones (excluding diaryl/α,β-unsaturated/α-hetero) is 1. The normalized spacial score (nSPS) is 13.3. The first-order chi connectivity index (χ1) is 9.50. The third-order valence-corrected chi connectivity index (χ3v) is 4.46. The lowest BCUT2D eigenvalue weighted by Crippen LogP contribution is -2.41. The molecule has 0 aromatic heterocycles. The molecule has 0 saturated heterocycles. The third-order valence-electron chi connectivity index (χ3n) is 3.02. The Kier molecular flexibility index (Phi) is 6.52. The maximum Gasteiger partial charge on any atom is 0.329 e. The highest BCUT2D eigenvalue weighted by Crippen LogP contribution is 2.28. The predicted molar refractivity (Wildman–Crippen MR) is 82.8 cm³/mol. The van der Waals surface area contributed by atoms with E-state index in [0.29, 0.717) is 5.75 Å². The molecule has 1 aromatic rings. The Morgan fingerprint density at radius 2 is 2.00 bits per heavy atom. The van der Waals surface area contributed by atoms with Gasteiger partial charge >= 0.3 is 5.97 Å². The van der Waals surface area contributed by atoms with E-state index in [4.69, 9.17) is 4.74 Å². The molecule has 1 aromatic carbocycles. The van der Waals surface area contributed by atoms with Crippen LogP contribution in [0.1, 0.15) is 19.4 Å². The summed E-state index contributed by atoms with van der Waals surface area (Å²) in [7, 11) is 0. The highest BCUT2D eigenvalue weighted by Gasteiger charge is 2.40. The molecule has 0 spiro atoms. The van der Waals surface area contributed by atoms with E-state index in [1.165, 1.54) is 30.3 Å². The molecule has 0 fully saturated rings. The highest BCUT2D eigenvalue weighted by molar-refractivity contribution is 8.02. The fraction of sp³-hybridized carbons (Fsp3) is 0.375. The second-order valence-corrected chi connectivity index (χ2v) is 6.07. The molecule has 1 atom stereocenters. The van der Waals surface area contributed by atoms with Crippen molar-refractivity contribution >= 4 is 23.5 Å². The van der Waals surface area contributed by atoms with E-state index in [-0.39, 0.29) is 12.4 Å². The van der Waals surface area contributed by atoms with E-state index < -0.39 is 10.7 Å². The molecule has 0 N–H and O–H groups in total. The summed E-state index contributed by atoms with van der Waals surface area (Å²) in [6, 6.07) is 9.97. The second-order valence-electron chi connectivity index (χ2n) is 4.56. The lowest BCUT2D eigenvalue weighted by atomic mass is 10.1. The van der Waals surface area contributed by atoms with Gasteiger partial charge in [0.05, 0.1) is 0 Å². The molecule has 0 saturated carbocycles. The summed E-state index contributed by atoms with van der Waals surface area (Å²) in [6.45, 7) is 6.66. The van der Waals surface area contributed by atoms with Gasteiger partial charge in [0.1, 0.15) is 6.61 Å². The molecular formula is C16H20O3S. The first kappa shape index (κ1) is 16.5. The van der Waals surface area contributed by atoms with Gasteiger partial charge in [-0.2, -0.15) is 0 Å². The lowest BCUT2D eigenvalue weighted by Gasteiger charge is -2.23. The zero-order chi connectivity index (χ0) is 15.0. The number of rotatable bonds is 8. The molecule has 20 heavy (non-hydrogen) atoms. The summed E-state index contributed by atoms with van der Waals surface area (Å²) >= 11 is 1.33. The van der Waals surface area contributed by atoms with Crippen molar-refractivity contribution in [2.75, 3.05) is 12.4 Å². The lowest BCUT2D eigenvalue weighted by molar-refractivity contribution is -0.147. The fourth-order valence-electron chi connectivity index (χ4n) is 1.59. The number of hydrogen-bond donors (Lipinski definition) is 0.